The number of rotatable bonds is 7. The van der Waals surface area contributed by atoms with Crippen molar-refractivity contribution in [2.45, 2.75) is 58.4 Å². The molecule has 0 spiro atoms. The van der Waals surface area contributed by atoms with Crippen molar-refractivity contribution in [1.29, 1.82) is 0 Å². The van der Waals surface area contributed by atoms with Crippen LogP contribution in [-0.2, 0) is 4.79 Å². The lowest BCUT2D eigenvalue weighted by Crippen LogP contribution is -2.34. The molecular formula is C13H25NO. The van der Waals surface area contributed by atoms with Gasteiger partial charge in [-0.2, -0.15) is 0 Å². The van der Waals surface area contributed by atoms with Crippen LogP contribution in [-0.4, -0.2) is 30.3 Å². The van der Waals surface area contributed by atoms with E-state index in [4.69, 9.17) is 0 Å². The van der Waals surface area contributed by atoms with Gasteiger partial charge in [-0.15, -0.1) is 0 Å². The van der Waals surface area contributed by atoms with Gasteiger partial charge >= 0.3 is 0 Å². The zero-order valence-electron chi connectivity index (χ0n) is 10.2. The summed E-state index contributed by atoms with van der Waals surface area (Å²) in [5, 5.41) is 0. The van der Waals surface area contributed by atoms with Gasteiger partial charge in [-0.1, -0.05) is 33.1 Å². The summed E-state index contributed by atoms with van der Waals surface area (Å²) < 4.78 is 0. The van der Waals surface area contributed by atoms with E-state index in [1.807, 2.05) is 0 Å². The lowest BCUT2D eigenvalue weighted by molar-refractivity contribution is -0.111. The molecule has 2 atom stereocenters. The largest absolute Gasteiger partial charge is 0.302 e. The molecule has 0 aliphatic carbocycles. The van der Waals surface area contributed by atoms with E-state index in [1.54, 1.807) is 0 Å². The van der Waals surface area contributed by atoms with Gasteiger partial charge in [0.1, 0.15) is 6.29 Å². The monoisotopic (exact) mass is 211 g/mol. The molecule has 0 saturated carbocycles. The smallest absolute Gasteiger partial charge is 0.137 e. The van der Waals surface area contributed by atoms with Gasteiger partial charge in [0.25, 0.3) is 0 Å². The molecule has 0 amide bonds. The van der Waals surface area contributed by atoms with Crippen molar-refractivity contribution in [3.8, 4) is 0 Å². The standard InChI is InChI=1S/C13H25NO/c1-3-4-5-7-12(2)10-14-9-6-8-13(14)11-15/h11-13H,3-10H2,1-2H3. The van der Waals surface area contributed by atoms with E-state index < -0.39 is 0 Å². The summed E-state index contributed by atoms with van der Waals surface area (Å²) in [5.41, 5.74) is 0. The molecule has 1 aliphatic heterocycles. The molecule has 2 unspecified atom stereocenters. The Morgan fingerprint density at radius 1 is 1.47 bits per heavy atom. The van der Waals surface area contributed by atoms with E-state index in [2.05, 4.69) is 18.7 Å². The molecule has 88 valence electrons. The van der Waals surface area contributed by atoms with Crippen LogP contribution in [0.1, 0.15) is 52.4 Å². The molecule has 0 aromatic carbocycles. The SMILES string of the molecule is CCCCCC(C)CN1CCCC1C=O. The summed E-state index contributed by atoms with van der Waals surface area (Å²) in [7, 11) is 0. The molecule has 1 fully saturated rings. The molecule has 15 heavy (non-hydrogen) atoms. The maximum atomic E-state index is 10.8. The van der Waals surface area contributed by atoms with Crippen LogP contribution in [0, 0.1) is 5.92 Å². The third-order valence-electron chi connectivity index (χ3n) is 3.42. The molecular weight excluding hydrogens is 186 g/mol. The Kier molecular flexibility index (Phi) is 5.92. The van der Waals surface area contributed by atoms with Crippen molar-refractivity contribution in [1.82, 2.24) is 4.90 Å². The summed E-state index contributed by atoms with van der Waals surface area (Å²) in [4.78, 5) is 13.2. The normalized spacial score (nSPS) is 24.3. The highest BCUT2D eigenvalue weighted by Gasteiger charge is 2.24. The summed E-state index contributed by atoms with van der Waals surface area (Å²) in [6.45, 7) is 6.80. The summed E-state index contributed by atoms with van der Waals surface area (Å²) >= 11 is 0. The molecule has 1 heterocycles. The summed E-state index contributed by atoms with van der Waals surface area (Å²) in [6.07, 6.45) is 8.71. The molecule has 0 bridgehead atoms. The van der Waals surface area contributed by atoms with Crippen molar-refractivity contribution in [3.05, 3.63) is 0 Å². The molecule has 0 radical (unpaired) electrons. The number of carbonyl (C=O) groups excluding carboxylic acids is 1. The zero-order valence-corrected chi connectivity index (χ0v) is 10.2. The van der Waals surface area contributed by atoms with Gasteiger partial charge in [-0.3, -0.25) is 4.90 Å². The van der Waals surface area contributed by atoms with Crippen molar-refractivity contribution in [2.24, 2.45) is 5.92 Å². The lowest BCUT2D eigenvalue weighted by atomic mass is 10.0. The number of hydrogen-bond donors (Lipinski definition) is 0. The van der Waals surface area contributed by atoms with Crippen LogP contribution < -0.4 is 0 Å². The quantitative estimate of drug-likeness (QED) is 0.477. The second-order valence-corrected chi connectivity index (χ2v) is 4.94. The minimum Gasteiger partial charge on any atom is -0.302 e. The van der Waals surface area contributed by atoms with E-state index >= 15 is 0 Å². The van der Waals surface area contributed by atoms with Crippen LogP contribution in [0.3, 0.4) is 0 Å². The van der Waals surface area contributed by atoms with Crippen molar-refractivity contribution in [3.63, 3.8) is 0 Å². The van der Waals surface area contributed by atoms with Gasteiger partial charge in [-0.25, -0.2) is 0 Å². The fourth-order valence-electron chi connectivity index (χ4n) is 2.47. The van der Waals surface area contributed by atoms with Gasteiger partial charge in [0, 0.05) is 6.54 Å². The molecule has 2 heteroatoms. The highest BCUT2D eigenvalue weighted by atomic mass is 16.1. The van der Waals surface area contributed by atoms with Crippen LogP contribution in [0.15, 0.2) is 0 Å². The highest BCUT2D eigenvalue weighted by molar-refractivity contribution is 5.58. The predicted octanol–water partition coefficient (Wildman–Crippen LogP) is 2.87. The number of hydrogen-bond acceptors (Lipinski definition) is 2. The van der Waals surface area contributed by atoms with E-state index in [0.717, 1.165) is 31.7 Å². The Morgan fingerprint density at radius 2 is 2.27 bits per heavy atom. The van der Waals surface area contributed by atoms with E-state index in [1.165, 1.54) is 32.1 Å². The van der Waals surface area contributed by atoms with Crippen LogP contribution in [0.2, 0.25) is 0 Å². The summed E-state index contributed by atoms with van der Waals surface area (Å²) in [6, 6.07) is 0.221. The van der Waals surface area contributed by atoms with Crippen LogP contribution in [0.25, 0.3) is 0 Å². The van der Waals surface area contributed by atoms with Gasteiger partial charge in [0.2, 0.25) is 0 Å². The fourth-order valence-corrected chi connectivity index (χ4v) is 2.47. The molecule has 1 rings (SSSR count). The van der Waals surface area contributed by atoms with Gasteiger partial charge in [-0.05, 0) is 31.7 Å². The second kappa shape index (κ2) is 7.00. The van der Waals surface area contributed by atoms with Crippen molar-refractivity contribution >= 4 is 6.29 Å². The first kappa shape index (κ1) is 12.7. The number of unbranched alkanes of at least 4 members (excludes halogenated alkanes) is 2. The Labute approximate surface area is 94.0 Å². The first-order valence-corrected chi connectivity index (χ1v) is 6.47. The van der Waals surface area contributed by atoms with Gasteiger partial charge in [0.15, 0.2) is 0 Å². The minimum absolute atomic E-state index is 0.221. The average molecular weight is 211 g/mol. The Balaban J connectivity index is 2.18. The minimum atomic E-state index is 0.221. The van der Waals surface area contributed by atoms with E-state index in [-0.39, 0.29) is 6.04 Å². The second-order valence-electron chi connectivity index (χ2n) is 4.94. The molecule has 1 saturated heterocycles. The summed E-state index contributed by atoms with van der Waals surface area (Å²) in [5.74, 6) is 0.747. The van der Waals surface area contributed by atoms with Crippen LogP contribution >= 0.6 is 0 Å². The van der Waals surface area contributed by atoms with Crippen molar-refractivity contribution in [2.75, 3.05) is 13.1 Å². The molecule has 1 aliphatic rings. The van der Waals surface area contributed by atoms with Gasteiger partial charge < -0.3 is 4.79 Å². The fraction of sp³-hybridized carbons (Fsp3) is 0.923. The van der Waals surface area contributed by atoms with Crippen LogP contribution in [0.5, 0.6) is 0 Å². The third kappa shape index (κ3) is 4.33. The highest BCUT2D eigenvalue weighted by Crippen LogP contribution is 2.19. The van der Waals surface area contributed by atoms with Crippen molar-refractivity contribution < 1.29 is 4.79 Å². The molecule has 2 nitrogen and oxygen atoms in total. The maximum Gasteiger partial charge on any atom is 0.137 e. The number of carbonyl (C=O) groups is 1. The first-order valence-electron chi connectivity index (χ1n) is 6.47. The predicted molar refractivity (Wildman–Crippen MR) is 64.0 cm³/mol. The first-order chi connectivity index (χ1) is 7.27. The Bertz CT molecular complexity index is 181. The van der Waals surface area contributed by atoms with Crippen LogP contribution in [0.4, 0.5) is 0 Å². The molecule has 0 N–H and O–H groups in total. The zero-order chi connectivity index (χ0) is 11.1. The molecule has 0 aromatic heterocycles. The lowest BCUT2D eigenvalue weighted by Gasteiger charge is -2.23. The topological polar surface area (TPSA) is 20.3 Å². The Hall–Kier alpha value is -0.370. The number of aldehydes is 1. The van der Waals surface area contributed by atoms with E-state index in [9.17, 15) is 4.79 Å². The van der Waals surface area contributed by atoms with E-state index in [0.29, 0.717) is 0 Å². The third-order valence-corrected chi connectivity index (χ3v) is 3.42. The van der Waals surface area contributed by atoms with Gasteiger partial charge in [0.05, 0.1) is 6.04 Å². The Morgan fingerprint density at radius 3 is 2.93 bits per heavy atom. The maximum absolute atomic E-state index is 10.8. The average Bonchev–Trinajstić information content (AvgIpc) is 2.65. The number of likely N-dealkylation sites (tertiary alicyclic amines) is 1. The number of nitrogens with zero attached hydrogens (tertiary/aromatic N) is 1. The molecule has 0 aromatic rings.